The van der Waals surface area contributed by atoms with Crippen LogP contribution < -0.4 is 5.73 Å². The van der Waals surface area contributed by atoms with E-state index in [9.17, 15) is 5.11 Å². The molecule has 3 unspecified atom stereocenters. The van der Waals surface area contributed by atoms with Crippen molar-refractivity contribution in [3.05, 3.63) is 0 Å². The lowest BCUT2D eigenvalue weighted by Crippen LogP contribution is -2.41. The van der Waals surface area contributed by atoms with Crippen LogP contribution in [0.2, 0.25) is 0 Å². The molecular formula is C9H19NO2. The van der Waals surface area contributed by atoms with Crippen molar-refractivity contribution < 1.29 is 9.84 Å². The average molecular weight is 173 g/mol. The predicted octanol–water partition coefficient (Wildman–Crippen LogP) is 0.369. The molecule has 1 fully saturated rings. The predicted molar refractivity (Wildman–Crippen MR) is 47.8 cm³/mol. The summed E-state index contributed by atoms with van der Waals surface area (Å²) in [6.07, 6.45) is 0.686. The van der Waals surface area contributed by atoms with E-state index in [0.29, 0.717) is 13.2 Å². The summed E-state index contributed by atoms with van der Waals surface area (Å²) in [5.74, 6) is 0.227. The van der Waals surface area contributed by atoms with Gasteiger partial charge in [-0.1, -0.05) is 6.92 Å². The highest BCUT2D eigenvalue weighted by atomic mass is 16.5. The third-order valence-corrected chi connectivity index (χ3v) is 3.23. The van der Waals surface area contributed by atoms with Crippen LogP contribution in [0, 0.1) is 11.3 Å². The lowest BCUT2D eigenvalue weighted by atomic mass is 9.73. The van der Waals surface area contributed by atoms with Gasteiger partial charge in [-0.05, 0) is 19.3 Å². The molecule has 1 rings (SSSR count). The molecule has 1 heterocycles. The molecule has 0 spiro atoms. The molecule has 0 aliphatic carbocycles. The summed E-state index contributed by atoms with van der Waals surface area (Å²) in [5.41, 5.74) is 5.74. The smallest absolute Gasteiger partial charge is 0.0544 e. The van der Waals surface area contributed by atoms with E-state index >= 15 is 0 Å². The topological polar surface area (TPSA) is 55.5 Å². The first-order chi connectivity index (χ1) is 5.62. The number of nitrogens with two attached hydrogens (primary N) is 1. The molecule has 1 saturated heterocycles. The zero-order valence-electron chi connectivity index (χ0n) is 7.92. The van der Waals surface area contributed by atoms with Crippen LogP contribution in [0.4, 0.5) is 0 Å². The minimum absolute atomic E-state index is 0.0220. The number of hydrogen-bond acceptors (Lipinski definition) is 3. The van der Waals surface area contributed by atoms with E-state index < -0.39 is 0 Å². The summed E-state index contributed by atoms with van der Waals surface area (Å²) in [6, 6.07) is 0. The van der Waals surface area contributed by atoms with E-state index in [-0.39, 0.29) is 17.4 Å². The second-order valence-corrected chi connectivity index (χ2v) is 3.90. The highest BCUT2D eigenvalue weighted by molar-refractivity contribution is 4.90. The standard InChI is InChI=1S/C9H19NO2/c1-7(8(2)11)9(5-10)3-4-12-6-9/h7-8,11H,3-6,10H2,1-2H3. The van der Waals surface area contributed by atoms with E-state index in [0.717, 1.165) is 13.0 Å². The first-order valence-electron chi connectivity index (χ1n) is 4.58. The van der Waals surface area contributed by atoms with Crippen LogP contribution in [0.3, 0.4) is 0 Å². The van der Waals surface area contributed by atoms with Gasteiger partial charge in [0.2, 0.25) is 0 Å². The zero-order chi connectivity index (χ0) is 9.19. The second kappa shape index (κ2) is 3.73. The molecule has 0 bridgehead atoms. The maximum absolute atomic E-state index is 9.47. The Kier molecular flexibility index (Phi) is 3.09. The molecule has 72 valence electrons. The normalized spacial score (nSPS) is 35.0. The van der Waals surface area contributed by atoms with E-state index in [2.05, 4.69) is 0 Å². The third-order valence-electron chi connectivity index (χ3n) is 3.23. The van der Waals surface area contributed by atoms with Gasteiger partial charge in [-0.15, -0.1) is 0 Å². The quantitative estimate of drug-likeness (QED) is 0.648. The van der Waals surface area contributed by atoms with Crippen LogP contribution in [0.15, 0.2) is 0 Å². The van der Waals surface area contributed by atoms with Gasteiger partial charge in [0.25, 0.3) is 0 Å². The van der Waals surface area contributed by atoms with Crippen LogP contribution in [-0.4, -0.2) is 31.0 Å². The van der Waals surface area contributed by atoms with Crippen LogP contribution in [-0.2, 0) is 4.74 Å². The van der Waals surface area contributed by atoms with Crippen molar-refractivity contribution >= 4 is 0 Å². The Labute approximate surface area is 73.9 Å². The summed E-state index contributed by atoms with van der Waals surface area (Å²) in [7, 11) is 0. The Bertz CT molecular complexity index is 141. The first kappa shape index (κ1) is 9.96. The minimum Gasteiger partial charge on any atom is -0.393 e. The van der Waals surface area contributed by atoms with Gasteiger partial charge in [-0.2, -0.15) is 0 Å². The number of hydrogen-bond donors (Lipinski definition) is 2. The van der Waals surface area contributed by atoms with E-state index in [1.54, 1.807) is 0 Å². The Morgan fingerprint density at radius 3 is 2.58 bits per heavy atom. The van der Waals surface area contributed by atoms with Crippen LogP contribution in [0.1, 0.15) is 20.3 Å². The minimum atomic E-state index is -0.296. The van der Waals surface area contributed by atoms with Crippen molar-refractivity contribution in [2.75, 3.05) is 19.8 Å². The highest BCUT2D eigenvalue weighted by Crippen LogP contribution is 2.37. The fourth-order valence-electron chi connectivity index (χ4n) is 1.84. The molecule has 3 nitrogen and oxygen atoms in total. The van der Waals surface area contributed by atoms with Gasteiger partial charge in [0.05, 0.1) is 12.7 Å². The van der Waals surface area contributed by atoms with Crippen molar-refractivity contribution in [3.8, 4) is 0 Å². The lowest BCUT2D eigenvalue weighted by molar-refractivity contribution is 0.0327. The molecule has 0 saturated carbocycles. The van der Waals surface area contributed by atoms with Crippen molar-refractivity contribution in [1.29, 1.82) is 0 Å². The van der Waals surface area contributed by atoms with E-state index in [4.69, 9.17) is 10.5 Å². The first-order valence-corrected chi connectivity index (χ1v) is 4.58. The zero-order valence-corrected chi connectivity index (χ0v) is 7.92. The number of aliphatic hydroxyl groups is 1. The van der Waals surface area contributed by atoms with Gasteiger partial charge < -0.3 is 15.6 Å². The number of rotatable bonds is 3. The molecule has 3 heteroatoms. The fourth-order valence-corrected chi connectivity index (χ4v) is 1.84. The molecule has 12 heavy (non-hydrogen) atoms. The van der Waals surface area contributed by atoms with E-state index in [1.807, 2.05) is 13.8 Å². The van der Waals surface area contributed by atoms with Crippen LogP contribution in [0.5, 0.6) is 0 Å². The largest absolute Gasteiger partial charge is 0.393 e. The summed E-state index contributed by atoms with van der Waals surface area (Å²) in [4.78, 5) is 0. The molecule has 3 atom stereocenters. The van der Waals surface area contributed by atoms with Crippen LogP contribution >= 0.6 is 0 Å². The van der Waals surface area contributed by atoms with Crippen LogP contribution in [0.25, 0.3) is 0 Å². The molecule has 0 radical (unpaired) electrons. The number of ether oxygens (including phenoxy) is 1. The Hall–Kier alpha value is -0.120. The van der Waals surface area contributed by atoms with Gasteiger partial charge in [-0.3, -0.25) is 0 Å². The maximum atomic E-state index is 9.47. The van der Waals surface area contributed by atoms with Gasteiger partial charge in [0, 0.05) is 18.6 Å². The SMILES string of the molecule is CC(O)C(C)C1(CN)CCOC1. The van der Waals surface area contributed by atoms with Gasteiger partial charge in [-0.25, -0.2) is 0 Å². The van der Waals surface area contributed by atoms with Gasteiger partial charge in [0.1, 0.15) is 0 Å². The van der Waals surface area contributed by atoms with Crippen molar-refractivity contribution in [1.82, 2.24) is 0 Å². The molecule has 0 aromatic carbocycles. The molecule has 0 amide bonds. The monoisotopic (exact) mass is 173 g/mol. The summed E-state index contributed by atoms with van der Waals surface area (Å²) in [5, 5.41) is 9.47. The summed E-state index contributed by atoms with van der Waals surface area (Å²) >= 11 is 0. The Balaban J connectivity index is 2.65. The lowest BCUT2D eigenvalue weighted by Gasteiger charge is -2.34. The van der Waals surface area contributed by atoms with Crippen molar-refractivity contribution in [2.45, 2.75) is 26.4 Å². The average Bonchev–Trinajstić information content (AvgIpc) is 2.52. The summed E-state index contributed by atoms with van der Waals surface area (Å²) < 4.78 is 5.33. The highest BCUT2D eigenvalue weighted by Gasteiger charge is 2.40. The molecule has 3 N–H and O–H groups in total. The summed E-state index contributed by atoms with van der Waals surface area (Å²) in [6.45, 7) is 5.97. The Morgan fingerprint density at radius 1 is 1.58 bits per heavy atom. The van der Waals surface area contributed by atoms with Gasteiger partial charge in [0.15, 0.2) is 0 Å². The van der Waals surface area contributed by atoms with Gasteiger partial charge >= 0.3 is 0 Å². The Morgan fingerprint density at radius 2 is 2.25 bits per heavy atom. The third kappa shape index (κ3) is 1.63. The van der Waals surface area contributed by atoms with Crippen molar-refractivity contribution in [3.63, 3.8) is 0 Å². The molecule has 0 aromatic rings. The molecule has 0 aromatic heterocycles. The second-order valence-electron chi connectivity index (χ2n) is 3.90. The molecule has 1 aliphatic heterocycles. The number of aliphatic hydroxyl groups excluding tert-OH is 1. The molecule has 1 aliphatic rings. The molecular weight excluding hydrogens is 154 g/mol. The van der Waals surface area contributed by atoms with Crippen molar-refractivity contribution in [2.24, 2.45) is 17.1 Å². The maximum Gasteiger partial charge on any atom is 0.0544 e. The van der Waals surface area contributed by atoms with E-state index in [1.165, 1.54) is 0 Å². The fraction of sp³-hybridized carbons (Fsp3) is 1.00.